The Hall–Kier alpha value is -1.17. The van der Waals surface area contributed by atoms with Gasteiger partial charge in [0.1, 0.15) is 4.88 Å². The summed E-state index contributed by atoms with van der Waals surface area (Å²) in [5, 5.41) is 0. The number of hydrogen-bond acceptors (Lipinski definition) is 5. The summed E-state index contributed by atoms with van der Waals surface area (Å²) in [4.78, 5) is 26.4. The number of Topliss-reactive ketones (excluding diaryl/α,β-unsaturated/α-hetero) is 1. The Balaban J connectivity index is 1.62. The molecule has 3 nitrogen and oxygen atoms in total. The zero-order valence-electron chi connectivity index (χ0n) is 12.1. The lowest BCUT2D eigenvalue weighted by atomic mass is 9.90. The zero-order chi connectivity index (χ0) is 15.7. The third kappa shape index (κ3) is 3.42. The second-order valence-corrected chi connectivity index (χ2v) is 8.36. The molecular weight excluding hydrogens is 340 g/mol. The van der Waals surface area contributed by atoms with Crippen LogP contribution in [-0.4, -0.2) is 18.4 Å². The van der Waals surface area contributed by atoms with Crippen molar-refractivity contribution in [1.82, 2.24) is 0 Å². The van der Waals surface area contributed by atoms with Crippen molar-refractivity contribution in [2.24, 2.45) is 5.92 Å². The third-order valence-corrected chi connectivity index (χ3v) is 6.20. The number of carbonyl (C=O) groups is 2. The van der Waals surface area contributed by atoms with E-state index in [9.17, 15) is 9.59 Å². The van der Waals surface area contributed by atoms with Crippen LogP contribution < -0.4 is 0 Å². The normalized spacial score (nSPS) is 17.1. The topological polar surface area (TPSA) is 43.4 Å². The first-order chi connectivity index (χ1) is 10.5. The molecule has 6 heteroatoms. The average molecular weight is 355 g/mol. The molecule has 1 aliphatic rings. The molecule has 0 saturated carbocycles. The molecule has 1 unspecified atom stereocenters. The van der Waals surface area contributed by atoms with Gasteiger partial charge < -0.3 is 4.74 Å². The van der Waals surface area contributed by atoms with Crippen LogP contribution in [0.3, 0.4) is 0 Å². The molecule has 2 aromatic rings. The monoisotopic (exact) mass is 354 g/mol. The first kappa shape index (κ1) is 15.7. The Morgan fingerprint density at radius 3 is 2.86 bits per heavy atom. The van der Waals surface area contributed by atoms with Crippen molar-refractivity contribution in [3.05, 3.63) is 42.7 Å². The van der Waals surface area contributed by atoms with Gasteiger partial charge in [-0.3, -0.25) is 4.79 Å². The minimum atomic E-state index is -0.414. The Bertz CT molecular complexity index is 717. The van der Waals surface area contributed by atoms with Crippen LogP contribution in [0.25, 0.3) is 0 Å². The van der Waals surface area contributed by atoms with Crippen molar-refractivity contribution in [3.63, 3.8) is 0 Å². The number of carbonyl (C=O) groups excluding carboxylic acids is 2. The van der Waals surface area contributed by atoms with Gasteiger partial charge in [-0.05, 0) is 48.9 Å². The van der Waals surface area contributed by atoms with Crippen LogP contribution in [-0.2, 0) is 17.6 Å². The summed E-state index contributed by atoms with van der Waals surface area (Å²) >= 11 is 8.48. The molecule has 1 atom stereocenters. The van der Waals surface area contributed by atoms with E-state index in [1.165, 1.54) is 39.5 Å². The summed E-state index contributed by atoms with van der Waals surface area (Å²) < 4.78 is 5.69. The Kier molecular flexibility index (Phi) is 4.66. The van der Waals surface area contributed by atoms with E-state index < -0.39 is 5.97 Å². The van der Waals surface area contributed by atoms with Gasteiger partial charge in [0.15, 0.2) is 6.61 Å². The predicted octanol–water partition coefficient (Wildman–Crippen LogP) is 4.63. The molecule has 2 aromatic heterocycles. The number of hydrogen-bond donors (Lipinski definition) is 0. The lowest BCUT2D eigenvalue weighted by Crippen LogP contribution is -2.12. The van der Waals surface area contributed by atoms with Gasteiger partial charge in [0, 0.05) is 4.88 Å². The van der Waals surface area contributed by atoms with Gasteiger partial charge in [-0.2, -0.15) is 0 Å². The Labute approximate surface area is 141 Å². The van der Waals surface area contributed by atoms with Gasteiger partial charge >= 0.3 is 5.97 Å². The molecule has 0 radical (unpaired) electrons. The fourth-order valence-electron chi connectivity index (χ4n) is 2.54. The van der Waals surface area contributed by atoms with Gasteiger partial charge in [-0.15, -0.1) is 22.7 Å². The lowest BCUT2D eigenvalue weighted by molar-refractivity contribution is 0.0480. The quantitative estimate of drug-likeness (QED) is 0.594. The maximum atomic E-state index is 12.1. The molecule has 1 aliphatic carbocycles. The maximum Gasteiger partial charge on any atom is 0.348 e. The first-order valence-corrected chi connectivity index (χ1v) is 9.11. The number of esters is 1. The number of thiophene rings is 2. The predicted molar refractivity (Wildman–Crippen MR) is 89.5 cm³/mol. The summed E-state index contributed by atoms with van der Waals surface area (Å²) in [5.41, 5.74) is 1.26. The zero-order valence-corrected chi connectivity index (χ0v) is 14.4. The van der Waals surface area contributed by atoms with Gasteiger partial charge in [-0.25, -0.2) is 4.79 Å². The van der Waals surface area contributed by atoms with Crippen LogP contribution in [0.2, 0.25) is 4.34 Å². The molecule has 0 aromatic carbocycles. The average Bonchev–Trinajstić information content (AvgIpc) is 3.10. The summed E-state index contributed by atoms with van der Waals surface area (Å²) in [6, 6.07) is 5.23. The molecule has 0 spiro atoms. The van der Waals surface area contributed by atoms with Crippen LogP contribution >= 0.6 is 34.3 Å². The fourth-order valence-corrected chi connectivity index (χ4v) is 4.61. The number of ketones is 1. The first-order valence-electron chi connectivity index (χ1n) is 7.10. The third-order valence-electron chi connectivity index (χ3n) is 3.71. The van der Waals surface area contributed by atoms with E-state index in [-0.39, 0.29) is 12.4 Å². The standard InChI is InChI=1S/C16H15ClO3S2/c1-9-2-3-12-10(6-9)7-14(21-12)16(19)20-8-11(18)13-4-5-15(17)22-13/h4-5,7,9H,2-3,6,8H2,1H3. The molecule has 0 amide bonds. The molecule has 22 heavy (non-hydrogen) atoms. The van der Waals surface area contributed by atoms with Crippen LogP contribution in [0.4, 0.5) is 0 Å². The van der Waals surface area contributed by atoms with Crippen LogP contribution in [0.15, 0.2) is 18.2 Å². The number of ether oxygens (including phenoxy) is 1. The van der Waals surface area contributed by atoms with Gasteiger partial charge in [-0.1, -0.05) is 18.5 Å². The van der Waals surface area contributed by atoms with Crippen molar-refractivity contribution >= 4 is 46.0 Å². The van der Waals surface area contributed by atoms with E-state index in [2.05, 4.69) is 6.92 Å². The molecule has 0 bridgehead atoms. The Morgan fingerprint density at radius 1 is 1.32 bits per heavy atom. The fraction of sp³-hybridized carbons (Fsp3) is 0.375. The second kappa shape index (κ2) is 6.52. The van der Waals surface area contributed by atoms with Crippen LogP contribution in [0, 0.1) is 5.92 Å². The summed E-state index contributed by atoms with van der Waals surface area (Å²) in [6.07, 6.45) is 3.21. The van der Waals surface area contributed by atoms with Crippen molar-refractivity contribution in [1.29, 1.82) is 0 Å². The van der Waals surface area contributed by atoms with Crippen molar-refractivity contribution in [2.75, 3.05) is 6.61 Å². The molecule has 2 heterocycles. The molecular formula is C16H15ClO3S2. The molecule has 0 fully saturated rings. The molecule has 0 saturated heterocycles. The van der Waals surface area contributed by atoms with Gasteiger partial charge in [0.2, 0.25) is 5.78 Å². The van der Waals surface area contributed by atoms with E-state index in [1.54, 1.807) is 12.1 Å². The highest BCUT2D eigenvalue weighted by molar-refractivity contribution is 7.18. The summed E-state index contributed by atoms with van der Waals surface area (Å²) in [6.45, 7) is 1.98. The highest BCUT2D eigenvalue weighted by Gasteiger charge is 2.22. The van der Waals surface area contributed by atoms with Crippen LogP contribution in [0.5, 0.6) is 0 Å². The summed E-state index contributed by atoms with van der Waals surface area (Å²) in [7, 11) is 0. The van der Waals surface area contributed by atoms with Crippen molar-refractivity contribution in [3.8, 4) is 0 Å². The largest absolute Gasteiger partial charge is 0.453 e. The van der Waals surface area contributed by atoms with Gasteiger partial charge in [0.25, 0.3) is 0 Å². The molecule has 0 aliphatic heterocycles. The van der Waals surface area contributed by atoms with E-state index in [0.717, 1.165) is 12.8 Å². The van der Waals surface area contributed by atoms with E-state index in [1.807, 2.05) is 6.07 Å². The number of fused-ring (bicyclic) bond motifs is 1. The minimum Gasteiger partial charge on any atom is -0.453 e. The van der Waals surface area contributed by atoms with E-state index in [4.69, 9.17) is 16.3 Å². The number of aryl methyl sites for hydroxylation is 1. The molecule has 0 N–H and O–H groups in total. The highest BCUT2D eigenvalue weighted by Crippen LogP contribution is 2.32. The van der Waals surface area contributed by atoms with E-state index in [0.29, 0.717) is 20.0 Å². The minimum absolute atomic E-state index is 0.222. The highest BCUT2D eigenvalue weighted by atomic mass is 35.5. The maximum absolute atomic E-state index is 12.1. The number of rotatable bonds is 4. The molecule has 3 rings (SSSR count). The van der Waals surface area contributed by atoms with E-state index >= 15 is 0 Å². The van der Waals surface area contributed by atoms with Gasteiger partial charge in [0.05, 0.1) is 9.21 Å². The van der Waals surface area contributed by atoms with Crippen LogP contribution in [0.1, 0.15) is 43.1 Å². The summed E-state index contributed by atoms with van der Waals surface area (Å²) in [5.74, 6) is 0.0272. The number of halogens is 1. The smallest absolute Gasteiger partial charge is 0.348 e. The lowest BCUT2D eigenvalue weighted by Gasteiger charge is -2.16. The SMILES string of the molecule is CC1CCc2sc(C(=O)OCC(=O)c3ccc(Cl)s3)cc2C1. The second-order valence-electron chi connectivity index (χ2n) is 5.51. The Morgan fingerprint density at radius 2 is 2.14 bits per heavy atom. The van der Waals surface area contributed by atoms with Crippen molar-refractivity contribution in [2.45, 2.75) is 26.2 Å². The molecule has 116 valence electrons. The van der Waals surface area contributed by atoms with Crippen molar-refractivity contribution < 1.29 is 14.3 Å².